The highest BCUT2D eigenvalue weighted by atomic mass is 16.5. The minimum absolute atomic E-state index is 0.313. The monoisotopic (exact) mass is 245 g/mol. The second-order valence-electron chi connectivity index (χ2n) is 4.56. The van der Waals surface area contributed by atoms with Crippen molar-refractivity contribution in [3.8, 4) is 6.07 Å². The van der Waals surface area contributed by atoms with E-state index in [0.29, 0.717) is 17.4 Å². The summed E-state index contributed by atoms with van der Waals surface area (Å²) in [6.07, 6.45) is 2.58. The summed E-state index contributed by atoms with van der Waals surface area (Å²) >= 11 is 0. The minimum atomic E-state index is 0.313. The molecule has 0 bridgehead atoms. The average Bonchev–Trinajstić information content (AvgIpc) is 2.89. The van der Waals surface area contributed by atoms with Gasteiger partial charge in [-0.15, -0.1) is 0 Å². The fraction of sp³-hybridized carbons (Fsp3) is 0.500. The van der Waals surface area contributed by atoms with Crippen molar-refractivity contribution in [2.45, 2.75) is 25.9 Å². The van der Waals surface area contributed by atoms with Gasteiger partial charge in [-0.25, -0.2) is 0 Å². The third kappa shape index (κ3) is 2.74. The van der Waals surface area contributed by atoms with Crippen LogP contribution in [0.3, 0.4) is 0 Å². The van der Waals surface area contributed by atoms with Crippen LogP contribution in [0, 0.1) is 11.3 Å². The molecule has 1 heterocycles. The Morgan fingerprint density at radius 1 is 1.56 bits per heavy atom. The van der Waals surface area contributed by atoms with Crippen LogP contribution in [0.5, 0.6) is 0 Å². The Hall–Kier alpha value is -1.73. The first kappa shape index (κ1) is 12.7. The van der Waals surface area contributed by atoms with Gasteiger partial charge in [0.15, 0.2) is 0 Å². The molecule has 0 aromatic heterocycles. The summed E-state index contributed by atoms with van der Waals surface area (Å²) in [4.78, 5) is 2.23. The van der Waals surface area contributed by atoms with E-state index in [1.54, 1.807) is 6.07 Å². The van der Waals surface area contributed by atoms with E-state index in [4.69, 9.17) is 15.7 Å². The van der Waals surface area contributed by atoms with Crippen molar-refractivity contribution in [3.05, 3.63) is 23.8 Å². The first-order valence-corrected chi connectivity index (χ1v) is 6.40. The summed E-state index contributed by atoms with van der Waals surface area (Å²) in [6.45, 7) is 4.75. The summed E-state index contributed by atoms with van der Waals surface area (Å²) in [5.41, 5.74) is 7.86. The molecule has 1 aliphatic rings. The Kier molecular flexibility index (Phi) is 4.06. The third-order valence-corrected chi connectivity index (χ3v) is 3.35. The van der Waals surface area contributed by atoms with E-state index in [1.807, 2.05) is 12.1 Å². The van der Waals surface area contributed by atoms with Crippen molar-refractivity contribution in [2.24, 2.45) is 0 Å². The maximum absolute atomic E-state index is 9.01. The number of nitrogen functional groups attached to an aromatic ring is 1. The Balaban J connectivity index is 2.14. The average molecular weight is 245 g/mol. The lowest BCUT2D eigenvalue weighted by Gasteiger charge is -2.26. The van der Waals surface area contributed by atoms with E-state index in [9.17, 15) is 0 Å². The molecule has 4 heteroatoms. The Bertz CT molecular complexity index is 447. The molecule has 1 fully saturated rings. The second-order valence-corrected chi connectivity index (χ2v) is 4.56. The van der Waals surface area contributed by atoms with Gasteiger partial charge in [-0.1, -0.05) is 0 Å². The zero-order chi connectivity index (χ0) is 13.0. The van der Waals surface area contributed by atoms with E-state index in [-0.39, 0.29) is 0 Å². The maximum Gasteiger partial charge on any atom is 0.101 e. The lowest BCUT2D eigenvalue weighted by Crippen LogP contribution is -2.32. The van der Waals surface area contributed by atoms with Crippen LogP contribution in [-0.2, 0) is 4.74 Å². The van der Waals surface area contributed by atoms with E-state index >= 15 is 0 Å². The number of nitrogens with two attached hydrogens (primary N) is 1. The molecule has 0 spiro atoms. The third-order valence-electron chi connectivity index (χ3n) is 3.35. The number of hydrogen-bond acceptors (Lipinski definition) is 4. The van der Waals surface area contributed by atoms with Crippen molar-refractivity contribution in [2.75, 3.05) is 30.3 Å². The van der Waals surface area contributed by atoms with Gasteiger partial charge < -0.3 is 15.4 Å². The second kappa shape index (κ2) is 5.74. The molecule has 1 saturated heterocycles. The minimum Gasteiger partial charge on any atom is -0.398 e. The first-order valence-electron chi connectivity index (χ1n) is 6.40. The number of rotatable bonds is 4. The van der Waals surface area contributed by atoms with Crippen molar-refractivity contribution in [3.63, 3.8) is 0 Å². The van der Waals surface area contributed by atoms with E-state index < -0.39 is 0 Å². The van der Waals surface area contributed by atoms with Crippen LogP contribution in [0.2, 0.25) is 0 Å². The predicted molar refractivity (Wildman–Crippen MR) is 72.4 cm³/mol. The molecule has 96 valence electrons. The van der Waals surface area contributed by atoms with Crippen molar-refractivity contribution in [1.29, 1.82) is 5.26 Å². The summed E-state index contributed by atoms with van der Waals surface area (Å²) in [6, 6.07) is 7.74. The van der Waals surface area contributed by atoms with Gasteiger partial charge in [0.1, 0.15) is 6.07 Å². The first-order chi connectivity index (χ1) is 8.74. The number of likely N-dealkylation sites (N-methyl/N-ethyl adjacent to an activating group) is 1. The van der Waals surface area contributed by atoms with Gasteiger partial charge in [0.05, 0.1) is 11.7 Å². The molecule has 1 aliphatic heterocycles. The molecule has 2 N–H and O–H groups in total. The fourth-order valence-electron chi connectivity index (χ4n) is 2.29. The Morgan fingerprint density at radius 3 is 3.00 bits per heavy atom. The molecule has 18 heavy (non-hydrogen) atoms. The van der Waals surface area contributed by atoms with Crippen LogP contribution in [-0.4, -0.2) is 25.8 Å². The van der Waals surface area contributed by atoms with E-state index in [2.05, 4.69) is 17.9 Å². The molecule has 1 atom stereocenters. The van der Waals surface area contributed by atoms with Crippen LogP contribution in [0.15, 0.2) is 18.2 Å². The van der Waals surface area contributed by atoms with Crippen LogP contribution in [0.4, 0.5) is 11.4 Å². The Morgan fingerprint density at radius 2 is 2.39 bits per heavy atom. The lowest BCUT2D eigenvalue weighted by molar-refractivity contribution is 0.115. The highest BCUT2D eigenvalue weighted by molar-refractivity contribution is 5.62. The smallest absolute Gasteiger partial charge is 0.101 e. The highest BCUT2D eigenvalue weighted by Gasteiger charge is 2.19. The molecule has 1 unspecified atom stereocenters. The SMILES string of the molecule is CCN(CC1CCCO1)c1ccc(N)c(C#N)c1. The molecular formula is C14H19N3O. The van der Waals surface area contributed by atoms with Crippen molar-refractivity contribution >= 4 is 11.4 Å². The molecular weight excluding hydrogens is 226 g/mol. The zero-order valence-corrected chi connectivity index (χ0v) is 10.7. The maximum atomic E-state index is 9.01. The number of nitriles is 1. The molecule has 0 aliphatic carbocycles. The highest BCUT2D eigenvalue weighted by Crippen LogP contribution is 2.23. The van der Waals surface area contributed by atoms with Crippen LogP contribution >= 0.6 is 0 Å². The molecule has 4 nitrogen and oxygen atoms in total. The van der Waals surface area contributed by atoms with Crippen LogP contribution < -0.4 is 10.6 Å². The topological polar surface area (TPSA) is 62.3 Å². The largest absolute Gasteiger partial charge is 0.398 e. The fourth-order valence-corrected chi connectivity index (χ4v) is 2.29. The standard InChI is InChI=1S/C14H19N3O/c1-2-17(10-13-4-3-7-18-13)12-5-6-14(16)11(8-12)9-15/h5-6,8,13H,2-4,7,10,16H2,1H3. The summed E-state index contributed by atoms with van der Waals surface area (Å²) < 4.78 is 5.66. The van der Waals surface area contributed by atoms with Crippen LogP contribution in [0.25, 0.3) is 0 Å². The summed E-state index contributed by atoms with van der Waals surface area (Å²) in [5.74, 6) is 0. The van der Waals surface area contributed by atoms with Gasteiger partial charge >= 0.3 is 0 Å². The van der Waals surface area contributed by atoms with Gasteiger partial charge in [0.25, 0.3) is 0 Å². The lowest BCUT2D eigenvalue weighted by atomic mass is 10.1. The number of nitrogens with zero attached hydrogens (tertiary/aromatic N) is 2. The summed E-state index contributed by atoms with van der Waals surface area (Å²) in [7, 11) is 0. The predicted octanol–water partition coefficient (Wildman–Crippen LogP) is 2.15. The zero-order valence-electron chi connectivity index (χ0n) is 10.7. The number of benzene rings is 1. The molecule has 0 radical (unpaired) electrons. The van der Waals surface area contributed by atoms with Gasteiger partial charge in [-0.3, -0.25) is 0 Å². The van der Waals surface area contributed by atoms with E-state index in [0.717, 1.165) is 38.2 Å². The molecule has 2 rings (SSSR count). The van der Waals surface area contributed by atoms with Crippen molar-refractivity contribution < 1.29 is 4.74 Å². The van der Waals surface area contributed by atoms with E-state index in [1.165, 1.54) is 0 Å². The number of ether oxygens (including phenoxy) is 1. The van der Waals surface area contributed by atoms with Crippen molar-refractivity contribution in [1.82, 2.24) is 0 Å². The van der Waals surface area contributed by atoms with Crippen LogP contribution in [0.1, 0.15) is 25.3 Å². The summed E-state index contributed by atoms with van der Waals surface area (Å²) in [5, 5.41) is 9.01. The molecule has 1 aromatic carbocycles. The number of anilines is 2. The molecule has 0 saturated carbocycles. The van der Waals surface area contributed by atoms with Gasteiger partial charge in [-0.05, 0) is 38.0 Å². The molecule has 0 amide bonds. The quantitative estimate of drug-likeness (QED) is 0.826. The molecule has 1 aromatic rings. The van der Waals surface area contributed by atoms with Gasteiger partial charge in [0, 0.05) is 31.1 Å². The van der Waals surface area contributed by atoms with Gasteiger partial charge in [-0.2, -0.15) is 5.26 Å². The van der Waals surface area contributed by atoms with Gasteiger partial charge in [0.2, 0.25) is 0 Å². The number of hydrogen-bond donors (Lipinski definition) is 1. The Labute approximate surface area is 108 Å². The normalized spacial score (nSPS) is 18.6.